The fourth-order valence-corrected chi connectivity index (χ4v) is 6.27. The quantitative estimate of drug-likeness (QED) is 0.377. The Balaban J connectivity index is 1.09. The highest BCUT2D eigenvalue weighted by atomic mass is 15.2. The monoisotopic (exact) mass is 508 g/mol. The molecule has 1 aromatic carbocycles. The maximum absolute atomic E-state index is 6.02. The van der Waals surface area contributed by atoms with Crippen molar-refractivity contribution in [1.82, 2.24) is 24.4 Å². The van der Waals surface area contributed by atoms with Crippen LogP contribution >= 0.6 is 0 Å². The molecule has 7 rings (SSSR count). The van der Waals surface area contributed by atoms with E-state index in [0.717, 1.165) is 35.6 Å². The fourth-order valence-electron chi connectivity index (χ4n) is 6.27. The van der Waals surface area contributed by atoms with Crippen LogP contribution in [0.15, 0.2) is 54.7 Å². The number of hydrogen-bond acceptors (Lipinski definition) is 7. The number of nitrogen functional groups attached to an aromatic ring is 1. The summed E-state index contributed by atoms with van der Waals surface area (Å²) in [6, 6.07) is 16.7. The smallest absolute Gasteiger partial charge is 0.229 e. The molecule has 8 nitrogen and oxygen atoms in total. The minimum atomic E-state index is 0.508. The van der Waals surface area contributed by atoms with Crippen LogP contribution in [0.5, 0.6) is 0 Å². The Labute approximate surface area is 223 Å². The Morgan fingerprint density at radius 2 is 1.66 bits per heavy atom. The highest BCUT2D eigenvalue weighted by Crippen LogP contribution is 2.43. The number of nitrogens with two attached hydrogens (primary N) is 1. The van der Waals surface area contributed by atoms with Gasteiger partial charge in [0.25, 0.3) is 0 Å². The summed E-state index contributed by atoms with van der Waals surface area (Å²) in [4.78, 5) is 19.1. The zero-order chi connectivity index (χ0) is 25.7. The van der Waals surface area contributed by atoms with E-state index in [2.05, 4.69) is 67.0 Å². The lowest BCUT2D eigenvalue weighted by molar-refractivity contribution is 0.0945. The fraction of sp³-hybridized carbons (Fsp3) is 0.433. The lowest BCUT2D eigenvalue weighted by Gasteiger charge is -2.46. The number of piperidine rings is 2. The van der Waals surface area contributed by atoms with Gasteiger partial charge in [0.1, 0.15) is 11.6 Å². The molecule has 5 heterocycles. The van der Waals surface area contributed by atoms with Crippen molar-refractivity contribution in [3.63, 3.8) is 0 Å². The first-order chi connectivity index (χ1) is 18.6. The summed E-state index contributed by atoms with van der Waals surface area (Å²) in [5, 5.41) is 4.44. The molecule has 3 aromatic heterocycles. The van der Waals surface area contributed by atoms with Crippen LogP contribution in [0.25, 0.3) is 16.9 Å². The van der Waals surface area contributed by atoms with Crippen molar-refractivity contribution in [3.8, 4) is 5.82 Å². The van der Waals surface area contributed by atoms with Crippen LogP contribution in [0.2, 0.25) is 0 Å². The minimum Gasteiger partial charge on any atom is -0.384 e. The van der Waals surface area contributed by atoms with E-state index in [-0.39, 0.29) is 0 Å². The second kappa shape index (κ2) is 9.27. The molecule has 4 aromatic rings. The molecule has 38 heavy (non-hydrogen) atoms. The Morgan fingerprint density at radius 3 is 2.37 bits per heavy atom. The zero-order valence-corrected chi connectivity index (χ0v) is 22.1. The van der Waals surface area contributed by atoms with E-state index in [1.807, 2.05) is 24.4 Å². The molecule has 2 aliphatic heterocycles. The number of fused-ring (bicyclic) bond motifs is 1. The first-order valence-corrected chi connectivity index (χ1v) is 14.0. The summed E-state index contributed by atoms with van der Waals surface area (Å²) in [6.07, 6.45) is 9.60. The third-order valence-electron chi connectivity index (χ3n) is 8.91. The lowest BCUT2D eigenvalue weighted by atomic mass is 9.71. The van der Waals surface area contributed by atoms with E-state index in [1.54, 1.807) is 0 Å². The van der Waals surface area contributed by atoms with Crippen LogP contribution < -0.4 is 16.0 Å². The molecule has 1 spiro atoms. The van der Waals surface area contributed by atoms with Crippen molar-refractivity contribution < 1.29 is 0 Å². The zero-order valence-electron chi connectivity index (χ0n) is 22.1. The van der Waals surface area contributed by atoms with Crippen LogP contribution in [-0.4, -0.2) is 57.6 Å². The van der Waals surface area contributed by atoms with Crippen molar-refractivity contribution in [3.05, 3.63) is 60.4 Å². The van der Waals surface area contributed by atoms with Crippen molar-refractivity contribution >= 4 is 34.2 Å². The van der Waals surface area contributed by atoms with E-state index < -0.39 is 0 Å². The summed E-state index contributed by atoms with van der Waals surface area (Å²) in [5.41, 5.74) is 11.0. The minimum absolute atomic E-state index is 0.508. The van der Waals surface area contributed by atoms with Gasteiger partial charge in [-0.1, -0.05) is 6.07 Å². The predicted octanol–water partition coefficient (Wildman–Crippen LogP) is 5.33. The molecule has 3 aliphatic rings. The summed E-state index contributed by atoms with van der Waals surface area (Å²) >= 11 is 0. The van der Waals surface area contributed by atoms with E-state index in [9.17, 15) is 0 Å². The van der Waals surface area contributed by atoms with Crippen LogP contribution in [0.4, 0.5) is 23.1 Å². The Hall–Kier alpha value is -3.65. The summed E-state index contributed by atoms with van der Waals surface area (Å²) in [7, 11) is 2.25. The van der Waals surface area contributed by atoms with Crippen molar-refractivity contribution in [2.24, 2.45) is 5.41 Å². The number of nitrogens with one attached hydrogen (secondary N) is 1. The predicted molar refractivity (Wildman–Crippen MR) is 153 cm³/mol. The SMILES string of the molecule is CN1CCC2(CC1)CCN(c1ccc(Nc3ncc4cc(C5CC5)n(-c5cccc(N)n5)c4n3)cc1)CC2. The van der Waals surface area contributed by atoms with E-state index in [1.165, 1.54) is 63.0 Å². The van der Waals surface area contributed by atoms with Gasteiger partial charge in [0.05, 0.1) is 0 Å². The number of pyridine rings is 1. The van der Waals surface area contributed by atoms with E-state index in [4.69, 9.17) is 10.7 Å². The van der Waals surface area contributed by atoms with Crippen molar-refractivity contribution in [2.45, 2.75) is 44.4 Å². The van der Waals surface area contributed by atoms with Gasteiger partial charge in [0.2, 0.25) is 5.95 Å². The molecule has 3 N–H and O–H groups in total. The molecule has 2 saturated heterocycles. The lowest BCUT2D eigenvalue weighted by Crippen LogP contribution is -2.46. The van der Waals surface area contributed by atoms with Gasteiger partial charge in [0, 0.05) is 41.7 Å². The van der Waals surface area contributed by atoms with Gasteiger partial charge < -0.3 is 20.9 Å². The normalized spacial score (nSPS) is 19.8. The maximum atomic E-state index is 6.02. The van der Waals surface area contributed by atoms with E-state index >= 15 is 0 Å². The second-order valence-corrected chi connectivity index (χ2v) is 11.5. The number of anilines is 4. The second-order valence-electron chi connectivity index (χ2n) is 11.5. The van der Waals surface area contributed by atoms with Crippen LogP contribution in [-0.2, 0) is 0 Å². The number of benzene rings is 1. The van der Waals surface area contributed by atoms with Crippen molar-refractivity contribution in [2.75, 3.05) is 49.2 Å². The molecule has 0 bridgehead atoms. The number of rotatable bonds is 5. The van der Waals surface area contributed by atoms with Crippen LogP contribution in [0.3, 0.4) is 0 Å². The standard InChI is InChI=1S/C30H36N8/c1-36-15-11-30(12-16-36)13-17-37(18-14-30)24-9-7-23(8-10-24)33-29-32-20-22-19-25(21-5-6-21)38(28(22)35-29)27-4-2-3-26(31)34-27/h2-4,7-10,19-21H,5-6,11-18H2,1H3,(H2,31,34)(H,32,33,35). The maximum Gasteiger partial charge on any atom is 0.229 e. The molecule has 196 valence electrons. The molecular formula is C30H36N8. The number of likely N-dealkylation sites (tertiary alicyclic amines) is 1. The summed E-state index contributed by atoms with van der Waals surface area (Å²) in [6.45, 7) is 4.79. The molecule has 0 amide bonds. The van der Waals surface area contributed by atoms with Gasteiger partial charge in [-0.25, -0.2) is 9.97 Å². The van der Waals surface area contributed by atoms with Crippen LogP contribution in [0, 0.1) is 5.41 Å². The molecule has 0 unspecified atom stereocenters. The largest absolute Gasteiger partial charge is 0.384 e. The Kier molecular flexibility index (Phi) is 5.73. The molecule has 3 fully saturated rings. The number of nitrogens with zero attached hydrogens (tertiary/aromatic N) is 6. The van der Waals surface area contributed by atoms with Crippen molar-refractivity contribution in [1.29, 1.82) is 0 Å². The van der Waals surface area contributed by atoms with Gasteiger partial charge in [-0.3, -0.25) is 4.57 Å². The van der Waals surface area contributed by atoms with E-state index in [0.29, 0.717) is 23.1 Å². The molecule has 0 atom stereocenters. The Bertz CT molecular complexity index is 1440. The van der Waals surface area contributed by atoms with Gasteiger partial charge in [-0.15, -0.1) is 0 Å². The molecular weight excluding hydrogens is 472 g/mol. The summed E-state index contributed by atoms with van der Waals surface area (Å²) < 4.78 is 2.15. The highest BCUT2D eigenvalue weighted by Gasteiger charge is 2.36. The topological polar surface area (TPSA) is 88.1 Å². The van der Waals surface area contributed by atoms with Crippen LogP contribution in [0.1, 0.15) is 50.1 Å². The molecule has 1 saturated carbocycles. The first-order valence-electron chi connectivity index (χ1n) is 14.0. The average Bonchev–Trinajstić information content (AvgIpc) is 3.72. The molecule has 8 heteroatoms. The highest BCUT2D eigenvalue weighted by molar-refractivity contribution is 5.80. The third kappa shape index (κ3) is 4.47. The number of hydrogen-bond donors (Lipinski definition) is 2. The molecule has 1 aliphatic carbocycles. The molecule has 0 radical (unpaired) electrons. The average molecular weight is 509 g/mol. The summed E-state index contributed by atoms with van der Waals surface area (Å²) in [5.74, 6) is 2.44. The van der Waals surface area contributed by atoms with Gasteiger partial charge >= 0.3 is 0 Å². The van der Waals surface area contributed by atoms with Gasteiger partial charge in [-0.05, 0) is 112 Å². The first kappa shape index (κ1) is 23.5. The number of aromatic nitrogens is 4. The van der Waals surface area contributed by atoms with Gasteiger partial charge in [-0.2, -0.15) is 4.98 Å². The Morgan fingerprint density at radius 1 is 0.921 bits per heavy atom. The third-order valence-corrected chi connectivity index (χ3v) is 8.91. The van der Waals surface area contributed by atoms with Gasteiger partial charge in [0.15, 0.2) is 5.65 Å².